The first-order chi connectivity index (χ1) is 11.8. The SMILES string of the molecule is CN=C(NCCOc1ccc(OC)cc1)NCCC1=CCOCC1. The van der Waals surface area contributed by atoms with Crippen LogP contribution in [0.2, 0.25) is 0 Å². The molecule has 0 atom stereocenters. The molecule has 24 heavy (non-hydrogen) atoms. The molecule has 1 aliphatic rings. The fraction of sp³-hybridized carbons (Fsp3) is 0.500. The molecule has 0 aliphatic carbocycles. The third-order valence-corrected chi connectivity index (χ3v) is 3.74. The Hall–Kier alpha value is -2.21. The maximum atomic E-state index is 5.68. The first-order valence-electron chi connectivity index (χ1n) is 8.29. The van der Waals surface area contributed by atoms with E-state index < -0.39 is 0 Å². The summed E-state index contributed by atoms with van der Waals surface area (Å²) in [7, 11) is 3.42. The van der Waals surface area contributed by atoms with Gasteiger partial charge in [0, 0.05) is 13.6 Å². The highest BCUT2D eigenvalue weighted by Crippen LogP contribution is 2.16. The summed E-state index contributed by atoms with van der Waals surface area (Å²) in [5.74, 6) is 2.44. The van der Waals surface area contributed by atoms with E-state index in [0.717, 1.165) is 50.1 Å². The summed E-state index contributed by atoms with van der Waals surface area (Å²) >= 11 is 0. The highest BCUT2D eigenvalue weighted by atomic mass is 16.5. The van der Waals surface area contributed by atoms with Crippen LogP contribution in [0.1, 0.15) is 12.8 Å². The van der Waals surface area contributed by atoms with Crippen molar-refractivity contribution in [3.8, 4) is 11.5 Å². The average molecular weight is 333 g/mol. The second kappa shape index (κ2) is 10.5. The van der Waals surface area contributed by atoms with Crippen molar-refractivity contribution in [2.75, 3.05) is 47.1 Å². The van der Waals surface area contributed by atoms with Crippen LogP contribution in [-0.2, 0) is 4.74 Å². The zero-order chi connectivity index (χ0) is 17.0. The van der Waals surface area contributed by atoms with E-state index in [9.17, 15) is 0 Å². The van der Waals surface area contributed by atoms with Gasteiger partial charge in [0.15, 0.2) is 5.96 Å². The molecule has 1 heterocycles. The number of rotatable bonds is 8. The first kappa shape index (κ1) is 18.1. The minimum Gasteiger partial charge on any atom is -0.497 e. The third-order valence-electron chi connectivity index (χ3n) is 3.74. The van der Waals surface area contributed by atoms with E-state index in [2.05, 4.69) is 21.7 Å². The maximum absolute atomic E-state index is 5.68. The van der Waals surface area contributed by atoms with Crippen molar-refractivity contribution in [1.82, 2.24) is 10.6 Å². The van der Waals surface area contributed by atoms with E-state index in [1.165, 1.54) is 5.57 Å². The quantitative estimate of drug-likeness (QED) is 0.330. The molecular weight excluding hydrogens is 306 g/mol. The van der Waals surface area contributed by atoms with Gasteiger partial charge in [0.1, 0.15) is 18.1 Å². The van der Waals surface area contributed by atoms with Crippen LogP contribution in [0.5, 0.6) is 11.5 Å². The van der Waals surface area contributed by atoms with Crippen LogP contribution in [0, 0.1) is 0 Å². The van der Waals surface area contributed by atoms with E-state index in [-0.39, 0.29) is 0 Å². The van der Waals surface area contributed by atoms with Crippen molar-refractivity contribution < 1.29 is 14.2 Å². The summed E-state index contributed by atoms with van der Waals surface area (Å²) in [5, 5.41) is 6.56. The second-order valence-corrected chi connectivity index (χ2v) is 5.39. The van der Waals surface area contributed by atoms with E-state index in [1.54, 1.807) is 14.2 Å². The molecule has 2 rings (SSSR count). The molecule has 0 radical (unpaired) electrons. The van der Waals surface area contributed by atoms with Gasteiger partial charge in [-0.05, 0) is 37.1 Å². The molecule has 0 bridgehead atoms. The Labute approximate surface area is 143 Å². The molecule has 1 aromatic rings. The Morgan fingerprint density at radius 3 is 2.58 bits per heavy atom. The monoisotopic (exact) mass is 333 g/mol. The van der Waals surface area contributed by atoms with Gasteiger partial charge in [0.2, 0.25) is 0 Å². The molecule has 6 nitrogen and oxygen atoms in total. The van der Waals surface area contributed by atoms with Gasteiger partial charge in [-0.3, -0.25) is 4.99 Å². The summed E-state index contributed by atoms with van der Waals surface area (Å²) in [6, 6.07) is 7.56. The number of aliphatic imine (C=N–C) groups is 1. The summed E-state index contributed by atoms with van der Waals surface area (Å²) in [4.78, 5) is 4.22. The summed E-state index contributed by atoms with van der Waals surface area (Å²) in [6.45, 7) is 3.69. The van der Waals surface area contributed by atoms with Crippen LogP contribution in [0.25, 0.3) is 0 Å². The molecule has 1 aliphatic heterocycles. The number of ether oxygens (including phenoxy) is 3. The molecule has 2 N–H and O–H groups in total. The van der Waals surface area contributed by atoms with Crippen molar-refractivity contribution in [2.45, 2.75) is 12.8 Å². The predicted octanol–water partition coefficient (Wildman–Crippen LogP) is 1.98. The minimum absolute atomic E-state index is 0.565. The number of benzene rings is 1. The molecule has 0 unspecified atom stereocenters. The van der Waals surface area contributed by atoms with E-state index >= 15 is 0 Å². The predicted molar refractivity (Wildman–Crippen MR) is 96.0 cm³/mol. The first-order valence-corrected chi connectivity index (χ1v) is 8.29. The van der Waals surface area contributed by atoms with Crippen molar-refractivity contribution in [1.29, 1.82) is 0 Å². The molecule has 0 saturated carbocycles. The largest absolute Gasteiger partial charge is 0.497 e. The highest BCUT2D eigenvalue weighted by molar-refractivity contribution is 5.79. The van der Waals surface area contributed by atoms with Crippen LogP contribution in [0.3, 0.4) is 0 Å². The van der Waals surface area contributed by atoms with Crippen molar-refractivity contribution in [3.05, 3.63) is 35.9 Å². The lowest BCUT2D eigenvalue weighted by molar-refractivity contribution is 0.153. The Morgan fingerprint density at radius 2 is 1.92 bits per heavy atom. The van der Waals surface area contributed by atoms with Gasteiger partial charge in [-0.25, -0.2) is 0 Å². The second-order valence-electron chi connectivity index (χ2n) is 5.39. The summed E-state index contributed by atoms with van der Waals surface area (Å²) < 4.78 is 16.1. The van der Waals surface area contributed by atoms with Crippen molar-refractivity contribution in [2.24, 2.45) is 4.99 Å². The molecule has 0 fully saturated rings. The molecule has 1 aromatic carbocycles. The van der Waals surface area contributed by atoms with Crippen LogP contribution in [0.15, 0.2) is 40.9 Å². The standard InChI is InChI=1S/C18H27N3O3/c1-19-18(20-10-7-15-8-12-23-13-9-15)21-11-14-24-17-5-3-16(22-2)4-6-17/h3-6,8H,7,9-14H2,1-2H3,(H2,19,20,21). The zero-order valence-corrected chi connectivity index (χ0v) is 14.5. The normalized spacial score (nSPS) is 14.8. The maximum Gasteiger partial charge on any atom is 0.191 e. The molecule has 0 amide bonds. The van der Waals surface area contributed by atoms with Gasteiger partial charge in [0.25, 0.3) is 0 Å². The molecule has 0 saturated heterocycles. The lowest BCUT2D eigenvalue weighted by Gasteiger charge is -2.15. The van der Waals surface area contributed by atoms with Gasteiger partial charge < -0.3 is 24.8 Å². The lowest BCUT2D eigenvalue weighted by Crippen LogP contribution is -2.39. The molecule has 132 valence electrons. The van der Waals surface area contributed by atoms with Gasteiger partial charge in [-0.15, -0.1) is 0 Å². The fourth-order valence-corrected chi connectivity index (χ4v) is 2.36. The lowest BCUT2D eigenvalue weighted by atomic mass is 10.1. The van der Waals surface area contributed by atoms with Crippen LogP contribution in [-0.4, -0.2) is 53.0 Å². The van der Waals surface area contributed by atoms with Crippen molar-refractivity contribution in [3.63, 3.8) is 0 Å². The Bertz CT molecular complexity index is 541. The van der Waals surface area contributed by atoms with Crippen LogP contribution in [0.4, 0.5) is 0 Å². The number of hydrogen-bond acceptors (Lipinski definition) is 4. The third kappa shape index (κ3) is 6.50. The Morgan fingerprint density at radius 1 is 1.17 bits per heavy atom. The minimum atomic E-state index is 0.565. The summed E-state index contributed by atoms with van der Waals surface area (Å²) in [5.41, 5.74) is 1.45. The molecule has 0 aromatic heterocycles. The molecule has 6 heteroatoms. The number of nitrogens with one attached hydrogen (secondary N) is 2. The molecule has 0 spiro atoms. The average Bonchev–Trinajstić information content (AvgIpc) is 2.65. The van der Waals surface area contributed by atoms with Gasteiger partial charge in [-0.2, -0.15) is 0 Å². The fourth-order valence-electron chi connectivity index (χ4n) is 2.36. The topological polar surface area (TPSA) is 64.1 Å². The highest BCUT2D eigenvalue weighted by Gasteiger charge is 2.04. The molecular formula is C18H27N3O3. The number of hydrogen-bond donors (Lipinski definition) is 2. The zero-order valence-electron chi connectivity index (χ0n) is 14.5. The smallest absolute Gasteiger partial charge is 0.191 e. The Kier molecular flexibility index (Phi) is 7.97. The van der Waals surface area contributed by atoms with Gasteiger partial charge >= 0.3 is 0 Å². The van der Waals surface area contributed by atoms with E-state index in [0.29, 0.717) is 13.2 Å². The number of guanidine groups is 1. The number of nitrogens with zero attached hydrogens (tertiary/aromatic N) is 1. The number of methoxy groups -OCH3 is 1. The van der Waals surface area contributed by atoms with Crippen LogP contribution >= 0.6 is 0 Å². The van der Waals surface area contributed by atoms with E-state index in [4.69, 9.17) is 14.2 Å². The van der Waals surface area contributed by atoms with Crippen LogP contribution < -0.4 is 20.1 Å². The van der Waals surface area contributed by atoms with E-state index in [1.807, 2.05) is 24.3 Å². The summed E-state index contributed by atoms with van der Waals surface area (Å²) in [6.07, 6.45) is 4.22. The Balaban J connectivity index is 1.59. The van der Waals surface area contributed by atoms with Crippen molar-refractivity contribution >= 4 is 5.96 Å². The van der Waals surface area contributed by atoms with Gasteiger partial charge in [-0.1, -0.05) is 11.6 Å². The van der Waals surface area contributed by atoms with Gasteiger partial charge in [0.05, 0.1) is 26.9 Å².